The first-order chi connectivity index (χ1) is 6.74. The number of hydrogen-bond donors (Lipinski definition) is 0. The van der Waals surface area contributed by atoms with E-state index in [-0.39, 0.29) is 5.56 Å². The number of para-hydroxylation sites is 2. The van der Waals surface area contributed by atoms with Gasteiger partial charge in [-0.3, -0.25) is 4.79 Å². The fourth-order valence-corrected chi connectivity index (χ4v) is 1.43. The predicted molar refractivity (Wildman–Crippen MR) is 57.1 cm³/mol. The van der Waals surface area contributed by atoms with Crippen LogP contribution in [0.3, 0.4) is 0 Å². The first kappa shape index (κ1) is 8.69. The summed E-state index contributed by atoms with van der Waals surface area (Å²) in [5, 5.41) is 0. The highest BCUT2D eigenvalue weighted by atomic mass is 16.1. The molecule has 70 valence electrons. The molecule has 0 fully saturated rings. The van der Waals surface area contributed by atoms with Crippen molar-refractivity contribution >= 4 is 17.1 Å². The third-order valence-corrected chi connectivity index (χ3v) is 2.20. The highest BCUT2D eigenvalue weighted by molar-refractivity contribution is 5.75. The number of aryl methyl sites for hydroxylation is 1. The maximum absolute atomic E-state index is 11.6. The van der Waals surface area contributed by atoms with Crippen molar-refractivity contribution in [1.29, 1.82) is 0 Å². The average Bonchev–Trinajstić information content (AvgIpc) is 2.23. The maximum atomic E-state index is 11.6. The normalized spacial score (nSPS) is 10.4. The Balaban J connectivity index is 2.99. The zero-order chi connectivity index (χ0) is 10.1. The Morgan fingerprint density at radius 1 is 1.43 bits per heavy atom. The molecule has 0 N–H and O–H groups in total. The van der Waals surface area contributed by atoms with Gasteiger partial charge in [0, 0.05) is 7.05 Å². The van der Waals surface area contributed by atoms with E-state index in [2.05, 4.69) is 11.6 Å². The van der Waals surface area contributed by atoms with Gasteiger partial charge in [0.25, 0.3) is 5.56 Å². The number of hydrogen-bond acceptors (Lipinski definition) is 2. The molecule has 0 radical (unpaired) electrons. The van der Waals surface area contributed by atoms with Crippen LogP contribution in [0.15, 0.2) is 35.6 Å². The van der Waals surface area contributed by atoms with Gasteiger partial charge < -0.3 is 4.57 Å². The maximum Gasteiger partial charge on any atom is 0.276 e. The van der Waals surface area contributed by atoms with Crippen LogP contribution >= 0.6 is 0 Å². The molecule has 0 aliphatic heterocycles. The topological polar surface area (TPSA) is 34.9 Å². The van der Waals surface area contributed by atoms with Crippen molar-refractivity contribution in [3.05, 3.63) is 46.9 Å². The largest absolute Gasteiger partial charge is 0.308 e. The summed E-state index contributed by atoms with van der Waals surface area (Å²) in [6.45, 7) is 3.56. The second-order valence-corrected chi connectivity index (χ2v) is 3.05. The molecular weight excluding hydrogens is 176 g/mol. The van der Waals surface area contributed by atoms with Gasteiger partial charge in [-0.2, -0.15) is 0 Å². The van der Waals surface area contributed by atoms with Crippen LogP contribution in [0.2, 0.25) is 0 Å². The minimum atomic E-state index is -0.112. The smallest absolute Gasteiger partial charge is 0.276 e. The molecule has 0 aliphatic carbocycles. The van der Waals surface area contributed by atoms with Gasteiger partial charge in [0.1, 0.15) is 5.69 Å². The fourth-order valence-electron chi connectivity index (χ4n) is 1.43. The molecule has 0 bridgehead atoms. The molecule has 0 aliphatic rings. The van der Waals surface area contributed by atoms with E-state index < -0.39 is 0 Å². The fraction of sp³-hybridized carbons (Fsp3) is 0.0909. The zero-order valence-corrected chi connectivity index (χ0v) is 7.90. The van der Waals surface area contributed by atoms with Crippen LogP contribution in [0.1, 0.15) is 5.69 Å². The highest BCUT2D eigenvalue weighted by Gasteiger charge is 2.03. The predicted octanol–water partition coefficient (Wildman–Crippen LogP) is 1.58. The molecular formula is C11H10N2O. The molecule has 3 heteroatoms. The molecule has 2 aromatic rings. The summed E-state index contributed by atoms with van der Waals surface area (Å²) < 4.78 is 1.58. The Kier molecular flexibility index (Phi) is 1.93. The van der Waals surface area contributed by atoms with Crippen molar-refractivity contribution in [3.63, 3.8) is 0 Å². The monoisotopic (exact) mass is 186 g/mol. The molecule has 2 rings (SSSR count). The van der Waals surface area contributed by atoms with Crippen molar-refractivity contribution in [2.24, 2.45) is 7.05 Å². The van der Waals surface area contributed by atoms with Gasteiger partial charge >= 0.3 is 0 Å². The van der Waals surface area contributed by atoms with Crippen LogP contribution in [0.25, 0.3) is 17.1 Å². The number of aromatic nitrogens is 2. The van der Waals surface area contributed by atoms with Crippen LogP contribution in [0.4, 0.5) is 0 Å². The zero-order valence-electron chi connectivity index (χ0n) is 7.90. The Morgan fingerprint density at radius 3 is 2.86 bits per heavy atom. The lowest BCUT2D eigenvalue weighted by Crippen LogP contribution is -2.20. The minimum Gasteiger partial charge on any atom is -0.308 e. The summed E-state index contributed by atoms with van der Waals surface area (Å²) in [5.74, 6) is 0. The molecule has 1 aromatic heterocycles. The van der Waals surface area contributed by atoms with E-state index in [1.54, 1.807) is 11.6 Å². The van der Waals surface area contributed by atoms with Crippen molar-refractivity contribution in [2.75, 3.05) is 0 Å². The van der Waals surface area contributed by atoms with Gasteiger partial charge in [0.05, 0.1) is 11.0 Å². The number of nitrogens with zero attached hydrogens (tertiary/aromatic N) is 2. The van der Waals surface area contributed by atoms with E-state index in [1.165, 1.54) is 6.08 Å². The number of benzene rings is 1. The van der Waals surface area contributed by atoms with Gasteiger partial charge in [-0.05, 0) is 18.2 Å². The van der Waals surface area contributed by atoms with Crippen LogP contribution < -0.4 is 5.56 Å². The quantitative estimate of drug-likeness (QED) is 0.677. The van der Waals surface area contributed by atoms with Crippen molar-refractivity contribution < 1.29 is 0 Å². The summed E-state index contributed by atoms with van der Waals surface area (Å²) >= 11 is 0. The van der Waals surface area contributed by atoms with Gasteiger partial charge in [0.15, 0.2) is 0 Å². The Bertz CT molecular complexity index is 555. The van der Waals surface area contributed by atoms with Crippen LogP contribution in [0.5, 0.6) is 0 Å². The summed E-state index contributed by atoms with van der Waals surface area (Å²) in [6.07, 6.45) is 1.48. The molecule has 0 saturated heterocycles. The van der Waals surface area contributed by atoms with E-state index in [1.807, 2.05) is 24.3 Å². The molecule has 0 saturated carbocycles. The van der Waals surface area contributed by atoms with Crippen LogP contribution in [-0.2, 0) is 7.05 Å². The summed E-state index contributed by atoms with van der Waals surface area (Å²) in [7, 11) is 1.74. The lowest BCUT2D eigenvalue weighted by molar-refractivity contribution is 0.886. The van der Waals surface area contributed by atoms with Crippen molar-refractivity contribution in [2.45, 2.75) is 0 Å². The van der Waals surface area contributed by atoms with Gasteiger partial charge in [-0.1, -0.05) is 18.7 Å². The van der Waals surface area contributed by atoms with E-state index in [4.69, 9.17) is 0 Å². The van der Waals surface area contributed by atoms with Gasteiger partial charge in [0.2, 0.25) is 0 Å². The second-order valence-electron chi connectivity index (χ2n) is 3.05. The summed E-state index contributed by atoms with van der Waals surface area (Å²) in [6, 6.07) is 7.53. The molecule has 0 unspecified atom stereocenters. The first-order valence-corrected chi connectivity index (χ1v) is 4.32. The van der Waals surface area contributed by atoms with Crippen molar-refractivity contribution in [3.8, 4) is 0 Å². The van der Waals surface area contributed by atoms with Gasteiger partial charge in [-0.15, -0.1) is 0 Å². The van der Waals surface area contributed by atoms with Crippen LogP contribution in [-0.4, -0.2) is 9.55 Å². The van der Waals surface area contributed by atoms with Gasteiger partial charge in [-0.25, -0.2) is 4.98 Å². The molecule has 1 aromatic carbocycles. The Hall–Kier alpha value is -1.90. The lowest BCUT2D eigenvalue weighted by Gasteiger charge is -2.04. The third-order valence-electron chi connectivity index (χ3n) is 2.20. The number of fused-ring (bicyclic) bond motifs is 1. The van der Waals surface area contributed by atoms with E-state index in [0.29, 0.717) is 5.69 Å². The summed E-state index contributed by atoms with van der Waals surface area (Å²) in [5.41, 5.74) is 1.93. The molecule has 0 amide bonds. The van der Waals surface area contributed by atoms with Crippen molar-refractivity contribution in [1.82, 2.24) is 9.55 Å². The Morgan fingerprint density at radius 2 is 2.14 bits per heavy atom. The molecule has 1 heterocycles. The number of rotatable bonds is 1. The molecule has 14 heavy (non-hydrogen) atoms. The minimum absolute atomic E-state index is 0.112. The second kappa shape index (κ2) is 3.10. The van der Waals surface area contributed by atoms with Crippen LogP contribution in [0, 0.1) is 0 Å². The first-order valence-electron chi connectivity index (χ1n) is 4.32. The molecule has 3 nitrogen and oxygen atoms in total. The standard InChI is InChI=1S/C11H10N2O/c1-3-8-11(14)13(2)10-7-5-4-6-9(10)12-8/h3-7H,1H2,2H3. The third kappa shape index (κ3) is 1.14. The molecule has 0 atom stereocenters. The highest BCUT2D eigenvalue weighted by Crippen LogP contribution is 2.08. The SMILES string of the molecule is C=Cc1nc2ccccc2n(C)c1=O. The Labute approximate surface area is 81.3 Å². The van der Waals surface area contributed by atoms with E-state index >= 15 is 0 Å². The average molecular weight is 186 g/mol. The van der Waals surface area contributed by atoms with E-state index in [9.17, 15) is 4.79 Å². The lowest BCUT2D eigenvalue weighted by atomic mass is 10.3. The molecule has 0 spiro atoms. The van der Waals surface area contributed by atoms with E-state index in [0.717, 1.165) is 11.0 Å². The summed E-state index contributed by atoms with van der Waals surface area (Å²) in [4.78, 5) is 15.8.